The minimum Gasteiger partial charge on any atom is -0.659 e. The van der Waals surface area contributed by atoms with Crippen LogP contribution < -0.4 is 0 Å². The van der Waals surface area contributed by atoms with E-state index in [0.29, 0.717) is 0 Å². The van der Waals surface area contributed by atoms with Crippen LogP contribution in [0.2, 0.25) is 0 Å². The Kier molecular flexibility index (Phi) is 5.77. The molecule has 7 heteroatoms. The smallest absolute Gasteiger partial charge is 0 e. The van der Waals surface area contributed by atoms with Gasteiger partial charge < -0.3 is 31.1 Å². The maximum absolute atomic E-state index is 4.64. The van der Waals surface area contributed by atoms with Crippen molar-refractivity contribution < 1.29 is 16.5 Å². The van der Waals surface area contributed by atoms with E-state index < -0.39 is 0 Å². The first-order valence-corrected chi connectivity index (χ1v) is 9.12. The van der Waals surface area contributed by atoms with Gasteiger partial charge in [0, 0.05) is 16.5 Å². The summed E-state index contributed by atoms with van der Waals surface area (Å²) in [4.78, 5) is 4.72. The van der Waals surface area contributed by atoms with Crippen molar-refractivity contribution in [1.82, 2.24) is 9.80 Å². The first-order valence-electron chi connectivity index (χ1n) is 9.12. The zero-order valence-electron chi connectivity index (χ0n) is 17.0. The summed E-state index contributed by atoms with van der Waals surface area (Å²) in [5, 5.41) is 18.5. The Morgan fingerprint density at radius 1 is 0.520 bits per heavy atom. The molecule has 0 amide bonds. The average Bonchev–Trinajstić information content (AvgIpc) is 2.89. The van der Waals surface area contributed by atoms with E-state index in [4.69, 9.17) is 0 Å². The summed E-state index contributed by atoms with van der Waals surface area (Å²) in [6.45, 7) is 21.6. The summed E-state index contributed by atoms with van der Waals surface area (Å²) < 4.78 is 0. The number of fused-ring (bicyclic) bond motifs is 2. The molecule has 0 aromatic carbocycles. The second-order valence-corrected chi connectivity index (χ2v) is 10.3. The standard InChI is InChI=1S/2C9H17N3.Ni/c2*1-8(2)5-12-6-9(3,4)11-7(12)10-8;/h2*7H,5-6H2,1-4H3;/q2*-2;. The molecule has 0 aromatic heterocycles. The van der Waals surface area contributed by atoms with Gasteiger partial charge in [-0.05, 0) is 26.2 Å². The second kappa shape index (κ2) is 6.70. The minimum absolute atomic E-state index is 0. The molecule has 0 saturated carbocycles. The maximum atomic E-state index is 4.64. The van der Waals surface area contributed by atoms with Crippen LogP contribution >= 0.6 is 0 Å². The topological polar surface area (TPSA) is 62.9 Å². The average molecular weight is 393 g/mol. The summed E-state index contributed by atoms with van der Waals surface area (Å²) in [6.07, 6.45) is 0.296. The van der Waals surface area contributed by atoms with Gasteiger partial charge in [0.2, 0.25) is 0 Å². The Bertz CT molecular complexity index is 370. The van der Waals surface area contributed by atoms with Gasteiger partial charge in [-0.3, -0.25) is 0 Å². The molecule has 0 aliphatic carbocycles. The monoisotopic (exact) mass is 392 g/mol. The summed E-state index contributed by atoms with van der Waals surface area (Å²) >= 11 is 0. The van der Waals surface area contributed by atoms with Gasteiger partial charge in [0.15, 0.2) is 0 Å². The Labute approximate surface area is 164 Å². The minimum atomic E-state index is 0. The van der Waals surface area contributed by atoms with Crippen LogP contribution in [-0.2, 0) is 16.5 Å². The van der Waals surface area contributed by atoms with Crippen molar-refractivity contribution in [2.45, 2.75) is 90.1 Å². The van der Waals surface area contributed by atoms with Crippen LogP contribution in [0.5, 0.6) is 0 Å². The quantitative estimate of drug-likeness (QED) is 0.588. The van der Waals surface area contributed by atoms with Gasteiger partial charge in [-0.25, -0.2) is 0 Å². The normalized spacial score (nSPS) is 32.6. The predicted octanol–water partition coefficient (Wildman–Crippen LogP) is 3.81. The van der Waals surface area contributed by atoms with Gasteiger partial charge in [-0.2, -0.15) is 12.6 Å². The fraction of sp³-hybridized carbons (Fsp3) is 1.00. The molecule has 4 aliphatic heterocycles. The molecule has 0 spiro atoms. The first-order chi connectivity index (χ1) is 10.8. The summed E-state index contributed by atoms with van der Waals surface area (Å²) in [6, 6.07) is 0. The van der Waals surface area contributed by atoms with Crippen molar-refractivity contribution in [3.05, 3.63) is 21.3 Å². The Balaban J connectivity index is 0.000000173. The third-order valence-electron chi connectivity index (χ3n) is 4.87. The molecule has 150 valence electrons. The van der Waals surface area contributed by atoms with Crippen LogP contribution in [0.3, 0.4) is 0 Å². The molecular formula is C18H34N6Ni-4. The summed E-state index contributed by atoms with van der Waals surface area (Å²) in [5.74, 6) is 0. The van der Waals surface area contributed by atoms with Crippen LogP contribution in [-0.4, -0.2) is 70.7 Å². The van der Waals surface area contributed by atoms with Gasteiger partial charge >= 0.3 is 0 Å². The van der Waals surface area contributed by atoms with Crippen molar-refractivity contribution in [3.63, 3.8) is 0 Å². The van der Waals surface area contributed by atoms with Crippen molar-refractivity contribution >= 4 is 0 Å². The molecule has 0 aromatic rings. The van der Waals surface area contributed by atoms with Gasteiger partial charge in [-0.15, -0.1) is 22.2 Å². The Morgan fingerprint density at radius 3 is 0.880 bits per heavy atom. The van der Waals surface area contributed by atoms with Crippen molar-refractivity contribution in [2.75, 3.05) is 26.2 Å². The molecule has 4 heterocycles. The molecule has 4 aliphatic rings. The van der Waals surface area contributed by atoms with E-state index in [1.165, 1.54) is 0 Å². The largest absolute Gasteiger partial charge is 0.659 e. The molecular weight excluding hydrogens is 359 g/mol. The van der Waals surface area contributed by atoms with E-state index in [9.17, 15) is 0 Å². The van der Waals surface area contributed by atoms with E-state index in [-0.39, 0.29) is 51.2 Å². The van der Waals surface area contributed by atoms with Crippen LogP contribution in [0.4, 0.5) is 0 Å². The number of hydrogen-bond acceptors (Lipinski definition) is 2. The Morgan fingerprint density at radius 2 is 0.720 bits per heavy atom. The van der Waals surface area contributed by atoms with Crippen LogP contribution in [0.15, 0.2) is 0 Å². The number of rotatable bonds is 0. The van der Waals surface area contributed by atoms with Crippen molar-refractivity contribution in [2.24, 2.45) is 0 Å². The van der Waals surface area contributed by atoms with Crippen molar-refractivity contribution in [1.29, 1.82) is 0 Å². The SMILES string of the molecule is CC1(C)CN2CC(C)(C)[N-]C2[N-]1.CC1(C)CN2CC(C)(C)[N-]C2[N-]1.[Ni]. The van der Waals surface area contributed by atoms with E-state index in [1.54, 1.807) is 0 Å². The predicted molar refractivity (Wildman–Crippen MR) is 100 cm³/mol. The van der Waals surface area contributed by atoms with E-state index >= 15 is 0 Å². The molecule has 0 atom stereocenters. The molecule has 0 bridgehead atoms. The summed E-state index contributed by atoms with van der Waals surface area (Å²) in [7, 11) is 0. The van der Waals surface area contributed by atoms with Gasteiger partial charge in [0.05, 0.1) is 0 Å². The molecule has 25 heavy (non-hydrogen) atoms. The van der Waals surface area contributed by atoms with Crippen LogP contribution in [0, 0.1) is 0 Å². The number of nitrogens with zero attached hydrogens (tertiary/aromatic N) is 6. The van der Waals surface area contributed by atoms with Gasteiger partial charge in [0.25, 0.3) is 0 Å². The molecule has 4 rings (SSSR count). The van der Waals surface area contributed by atoms with E-state index in [0.717, 1.165) is 26.2 Å². The third-order valence-corrected chi connectivity index (χ3v) is 4.87. The van der Waals surface area contributed by atoms with E-state index in [1.807, 2.05) is 0 Å². The van der Waals surface area contributed by atoms with E-state index in [2.05, 4.69) is 86.5 Å². The molecule has 0 N–H and O–H groups in total. The van der Waals surface area contributed by atoms with Crippen LogP contribution in [0.1, 0.15) is 55.4 Å². The molecule has 0 unspecified atom stereocenters. The third kappa shape index (κ3) is 5.16. The molecule has 4 saturated heterocycles. The number of hydrogen-bond donors (Lipinski definition) is 0. The summed E-state index contributed by atoms with van der Waals surface area (Å²) in [5.41, 5.74) is 0.463. The fourth-order valence-electron chi connectivity index (χ4n) is 4.22. The van der Waals surface area contributed by atoms with Crippen LogP contribution in [0.25, 0.3) is 21.3 Å². The second-order valence-electron chi connectivity index (χ2n) is 10.3. The fourth-order valence-corrected chi connectivity index (χ4v) is 4.22. The first kappa shape index (κ1) is 21.6. The van der Waals surface area contributed by atoms with Gasteiger partial charge in [-0.1, -0.05) is 55.4 Å². The van der Waals surface area contributed by atoms with Gasteiger partial charge in [0.1, 0.15) is 0 Å². The molecule has 6 nitrogen and oxygen atoms in total. The Hall–Kier alpha value is 0.254. The zero-order chi connectivity index (χ0) is 18.0. The molecule has 4 fully saturated rings. The van der Waals surface area contributed by atoms with Crippen molar-refractivity contribution in [3.8, 4) is 0 Å². The maximum Gasteiger partial charge on any atom is 0 e. The zero-order valence-corrected chi connectivity index (χ0v) is 18.0. The molecule has 0 radical (unpaired) electrons.